The van der Waals surface area contributed by atoms with Gasteiger partial charge in [-0.15, -0.1) is 0 Å². The van der Waals surface area contributed by atoms with Crippen molar-refractivity contribution in [3.63, 3.8) is 0 Å². The molecule has 1 unspecified atom stereocenters. The van der Waals surface area contributed by atoms with Gasteiger partial charge in [-0.1, -0.05) is 71.1 Å². The van der Waals surface area contributed by atoms with Gasteiger partial charge in [-0.2, -0.15) is 0 Å². The van der Waals surface area contributed by atoms with E-state index < -0.39 is 12.0 Å². The van der Waals surface area contributed by atoms with Crippen LogP contribution in [-0.4, -0.2) is 22.2 Å². The Morgan fingerprint density at radius 3 is 2.48 bits per heavy atom. The lowest BCUT2D eigenvalue weighted by Gasteiger charge is -2.44. The molecule has 0 bridgehead atoms. The van der Waals surface area contributed by atoms with E-state index in [1.165, 1.54) is 31.3 Å². The second kappa shape index (κ2) is 9.35. The molecule has 0 aliphatic heterocycles. The molecule has 6 atom stereocenters. The van der Waals surface area contributed by atoms with Crippen molar-refractivity contribution in [1.29, 1.82) is 0 Å². The van der Waals surface area contributed by atoms with Crippen LogP contribution in [0.1, 0.15) is 79.6 Å². The number of fused-ring (bicyclic) bond motifs is 1. The zero-order valence-electron chi connectivity index (χ0n) is 20.2. The number of allylic oxidation sites excluding steroid dienone is 6. The number of hydrogen-bond acceptors (Lipinski definition) is 2. The van der Waals surface area contributed by atoms with Crippen molar-refractivity contribution < 1.29 is 14.6 Å². The highest BCUT2D eigenvalue weighted by Gasteiger charge is 2.50. The molecule has 3 aliphatic carbocycles. The first-order chi connectivity index (χ1) is 14.5. The molecule has 2 nitrogen and oxygen atoms in total. The highest BCUT2D eigenvalue weighted by atomic mass is 19.1. The van der Waals surface area contributed by atoms with Crippen molar-refractivity contribution in [1.82, 2.24) is 0 Å². The molecule has 0 aromatic heterocycles. The van der Waals surface area contributed by atoms with Crippen LogP contribution in [-0.2, 0) is 0 Å². The van der Waals surface area contributed by atoms with Crippen LogP contribution in [0.25, 0.3) is 0 Å². The van der Waals surface area contributed by atoms with Gasteiger partial charge in [-0.25, -0.2) is 4.39 Å². The summed E-state index contributed by atoms with van der Waals surface area (Å²) in [6.45, 7) is 15.7. The molecule has 31 heavy (non-hydrogen) atoms. The molecule has 0 aromatic carbocycles. The first kappa shape index (κ1) is 24.5. The summed E-state index contributed by atoms with van der Waals surface area (Å²) >= 11 is 0. The van der Waals surface area contributed by atoms with Crippen LogP contribution in [0.4, 0.5) is 4.39 Å². The first-order valence-corrected chi connectivity index (χ1v) is 12.3. The molecule has 0 spiro atoms. The van der Waals surface area contributed by atoms with E-state index in [2.05, 4.69) is 59.4 Å². The van der Waals surface area contributed by atoms with E-state index in [9.17, 15) is 14.6 Å². The minimum absolute atomic E-state index is 0.0100. The lowest BCUT2D eigenvalue weighted by molar-refractivity contribution is -0.206. The van der Waals surface area contributed by atoms with Crippen LogP contribution in [0.2, 0.25) is 0 Å². The number of rotatable bonds is 5. The van der Waals surface area contributed by atoms with Crippen molar-refractivity contribution >= 4 is 0 Å². The van der Waals surface area contributed by atoms with E-state index in [0.717, 1.165) is 12.0 Å². The molecular formula is C28H43FO2. The summed E-state index contributed by atoms with van der Waals surface area (Å²) in [6, 6.07) is 0. The molecule has 0 saturated heterocycles. The molecule has 0 aromatic rings. The van der Waals surface area contributed by atoms with E-state index in [1.807, 2.05) is 6.08 Å². The van der Waals surface area contributed by atoms with Crippen LogP contribution in [0.5, 0.6) is 0 Å². The van der Waals surface area contributed by atoms with Crippen molar-refractivity contribution in [2.45, 2.75) is 91.5 Å². The fourth-order valence-electron chi connectivity index (χ4n) is 6.26. The maximum atomic E-state index is 13.9. The number of aliphatic hydroxyl groups is 2. The van der Waals surface area contributed by atoms with Crippen molar-refractivity contribution in [2.24, 2.45) is 35.0 Å². The van der Waals surface area contributed by atoms with Gasteiger partial charge in [0.15, 0.2) is 12.0 Å². The fourth-order valence-corrected chi connectivity index (χ4v) is 6.26. The van der Waals surface area contributed by atoms with E-state index >= 15 is 0 Å². The lowest BCUT2D eigenvalue weighted by Crippen LogP contribution is -2.43. The Balaban J connectivity index is 1.77. The first-order valence-electron chi connectivity index (χ1n) is 12.3. The largest absolute Gasteiger partial charge is 0.363 e. The quantitative estimate of drug-likeness (QED) is 0.367. The van der Waals surface area contributed by atoms with Crippen LogP contribution in [0.15, 0.2) is 47.6 Å². The Morgan fingerprint density at radius 1 is 1.10 bits per heavy atom. The SMILES string of the molecule is C=C1C[C@H](F)C(O)(O)CC1=CC=C1CCC[C@@]2(C)C1CC[C@@H]2[C@H](C)/C=C/[C@H](C)C(C)C. The summed E-state index contributed by atoms with van der Waals surface area (Å²) in [5, 5.41) is 19.9. The van der Waals surface area contributed by atoms with Crippen LogP contribution < -0.4 is 0 Å². The maximum absolute atomic E-state index is 13.9. The van der Waals surface area contributed by atoms with Gasteiger partial charge in [-0.05, 0) is 78.3 Å². The Hall–Kier alpha value is -1.19. The van der Waals surface area contributed by atoms with Crippen molar-refractivity contribution in [3.05, 3.63) is 47.6 Å². The summed E-state index contributed by atoms with van der Waals surface area (Å²) in [5.74, 6) is 0.868. The van der Waals surface area contributed by atoms with Crippen molar-refractivity contribution in [3.8, 4) is 0 Å². The van der Waals surface area contributed by atoms with Gasteiger partial charge in [0.1, 0.15) is 0 Å². The number of halogens is 1. The van der Waals surface area contributed by atoms with E-state index in [-0.39, 0.29) is 12.8 Å². The zero-order valence-corrected chi connectivity index (χ0v) is 20.2. The third-order valence-corrected chi connectivity index (χ3v) is 8.77. The summed E-state index contributed by atoms with van der Waals surface area (Å²) < 4.78 is 13.9. The van der Waals surface area contributed by atoms with E-state index in [1.54, 1.807) is 0 Å². The van der Waals surface area contributed by atoms with Crippen molar-refractivity contribution in [2.75, 3.05) is 0 Å². The van der Waals surface area contributed by atoms with Crippen LogP contribution >= 0.6 is 0 Å². The summed E-state index contributed by atoms with van der Waals surface area (Å²) in [6.07, 6.45) is 13.4. The average Bonchev–Trinajstić information content (AvgIpc) is 3.05. The Labute approximate surface area is 189 Å². The molecule has 0 amide bonds. The smallest absolute Gasteiger partial charge is 0.199 e. The van der Waals surface area contributed by atoms with Gasteiger partial charge in [0, 0.05) is 12.8 Å². The van der Waals surface area contributed by atoms with Gasteiger partial charge in [-0.3, -0.25) is 0 Å². The molecule has 2 N–H and O–H groups in total. The highest BCUT2D eigenvalue weighted by molar-refractivity contribution is 5.38. The van der Waals surface area contributed by atoms with Gasteiger partial charge in [0.05, 0.1) is 0 Å². The lowest BCUT2D eigenvalue weighted by atomic mass is 9.61. The standard InChI is InChI=1S/C28H43FO2/c1-18(2)19(3)9-10-20(4)24-13-14-25-22(8-7-15-27(24,25)6)11-12-23-17-28(30,31)26(29)16-21(23)5/h9-12,18-20,24-26,30-31H,5,7-8,13-17H2,1-4,6H3/b10-9+,22-11?,23-12?/t19-,20+,24+,25?,26-,27+/m0/s1. The van der Waals surface area contributed by atoms with Gasteiger partial charge in [0.2, 0.25) is 0 Å². The third-order valence-electron chi connectivity index (χ3n) is 8.77. The number of hydrogen-bond donors (Lipinski definition) is 2. The molecule has 3 aliphatic rings. The average molecular weight is 431 g/mol. The molecule has 174 valence electrons. The molecule has 0 radical (unpaired) electrons. The second-order valence-electron chi connectivity index (χ2n) is 11.2. The Bertz CT molecular complexity index is 759. The topological polar surface area (TPSA) is 40.5 Å². The second-order valence-corrected chi connectivity index (χ2v) is 11.2. The number of alkyl halides is 1. The minimum atomic E-state index is -2.28. The minimum Gasteiger partial charge on any atom is -0.363 e. The third kappa shape index (κ3) is 5.09. The Kier molecular flexibility index (Phi) is 7.38. The van der Waals surface area contributed by atoms with Crippen LogP contribution in [0.3, 0.4) is 0 Å². The molecule has 3 saturated carbocycles. The van der Waals surface area contributed by atoms with E-state index in [0.29, 0.717) is 40.6 Å². The van der Waals surface area contributed by atoms with Crippen LogP contribution in [0, 0.1) is 35.0 Å². The molecule has 3 fully saturated rings. The summed E-state index contributed by atoms with van der Waals surface area (Å²) in [7, 11) is 0. The zero-order chi connectivity index (χ0) is 23.0. The summed E-state index contributed by atoms with van der Waals surface area (Å²) in [5.41, 5.74) is 3.25. The van der Waals surface area contributed by atoms with Gasteiger partial charge in [0.25, 0.3) is 0 Å². The predicted octanol–water partition coefficient (Wildman–Crippen LogP) is 6.91. The molecule has 3 heteroatoms. The molecule has 0 heterocycles. The molecular weight excluding hydrogens is 387 g/mol. The Morgan fingerprint density at radius 2 is 1.81 bits per heavy atom. The monoisotopic (exact) mass is 430 g/mol. The summed E-state index contributed by atoms with van der Waals surface area (Å²) in [4.78, 5) is 0. The van der Waals surface area contributed by atoms with Gasteiger partial charge >= 0.3 is 0 Å². The van der Waals surface area contributed by atoms with Gasteiger partial charge < -0.3 is 10.2 Å². The predicted molar refractivity (Wildman–Crippen MR) is 127 cm³/mol. The normalized spacial score (nSPS) is 38.2. The molecule has 3 rings (SSSR count). The fraction of sp³-hybridized carbons (Fsp3) is 0.714. The maximum Gasteiger partial charge on any atom is 0.199 e. The van der Waals surface area contributed by atoms with E-state index in [4.69, 9.17) is 0 Å². The highest BCUT2D eigenvalue weighted by Crippen LogP contribution is 2.59.